The number of rotatable bonds is 2. The second kappa shape index (κ2) is 6.59. The summed E-state index contributed by atoms with van der Waals surface area (Å²) in [6, 6.07) is 0. The van der Waals surface area contributed by atoms with Gasteiger partial charge in [-0.2, -0.15) is 0 Å². The molecule has 0 nitrogen and oxygen atoms in total. The molecule has 0 unspecified atom stereocenters. The van der Waals surface area contributed by atoms with Crippen molar-refractivity contribution in [2.45, 2.75) is 19.8 Å². The molecule has 0 aliphatic heterocycles. The number of allylic oxidation sites excluding steroid dienone is 8. The summed E-state index contributed by atoms with van der Waals surface area (Å²) in [5, 5.41) is 0. The van der Waals surface area contributed by atoms with E-state index in [2.05, 4.69) is 43.4 Å². The summed E-state index contributed by atoms with van der Waals surface area (Å²) in [4.78, 5) is 0. The molecular weight excluding hydrogens is 271 g/mol. The standard InChI is InChI=1S/C12H14.ClH.Zr/c1-10(11-6-2-3-7-11)12-8-4-5-9-12;;/h2-6,8,10H,7,9H2,1H3;1H;/q;;+1/p-1. The molecule has 0 saturated heterocycles. The van der Waals surface area contributed by atoms with Crippen molar-refractivity contribution in [2.75, 3.05) is 0 Å². The third kappa shape index (κ3) is 3.07. The molecule has 0 saturated carbocycles. The molecule has 2 heteroatoms. The third-order valence-electron chi connectivity index (χ3n) is 2.71. The van der Waals surface area contributed by atoms with Crippen molar-refractivity contribution in [3.63, 3.8) is 0 Å². The van der Waals surface area contributed by atoms with Gasteiger partial charge in [-0.05, 0) is 18.8 Å². The molecule has 0 bridgehead atoms. The van der Waals surface area contributed by atoms with Crippen LogP contribution in [0.2, 0.25) is 0 Å². The fourth-order valence-electron chi connectivity index (χ4n) is 1.81. The Morgan fingerprint density at radius 2 is 1.50 bits per heavy atom. The van der Waals surface area contributed by atoms with Crippen LogP contribution in [0.3, 0.4) is 0 Å². The van der Waals surface area contributed by atoms with Crippen molar-refractivity contribution in [1.82, 2.24) is 0 Å². The van der Waals surface area contributed by atoms with Crippen molar-refractivity contribution in [1.29, 1.82) is 0 Å². The van der Waals surface area contributed by atoms with Crippen molar-refractivity contribution in [3.05, 3.63) is 47.6 Å². The predicted octanol–water partition coefficient (Wildman–Crippen LogP) is 4.08. The van der Waals surface area contributed by atoms with Crippen LogP contribution in [0.15, 0.2) is 47.6 Å². The molecule has 73 valence electrons. The Balaban J connectivity index is 0.000000461. The topological polar surface area (TPSA) is 0 Å². The van der Waals surface area contributed by atoms with Gasteiger partial charge in [0.15, 0.2) is 0 Å². The van der Waals surface area contributed by atoms with Gasteiger partial charge < -0.3 is 0 Å². The summed E-state index contributed by atoms with van der Waals surface area (Å²) in [6.07, 6.45) is 15.6. The number of hydrogen-bond acceptors (Lipinski definition) is 0. The van der Waals surface area contributed by atoms with Crippen molar-refractivity contribution >= 4 is 8.51 Å². The van der Waals surface area contributed by atoms with E-state index < -0.39 is 0 Å². The summed E-state index contributed by atoms with van der Waals surface area (Å²) >= 11 is 1.02. The van der Waals surface area contributed by atoms with Crippen LogP contribution in [0.25, 0.3) is 0 Å². The van der Waals surface area contributed by atoms with Crippen molar-refractivity contribution in [2.24, 2.45) is 5.92 Å². The van der Waals surface area contributed by atoms with Crippen LogP contribution in [0, 0.1) is 5.92 Å². The van der Waals surface area contributed by atoms with E-state index in [1.165, 1.54) is 0 Å². The Kier molecular flexibility index (Phi) is 5.74. The second-order valence-electron chi connectivity index (χ2n) is 3.47. The van der Waals surface area contributed by atoms with Gasteiger partial charge in [-0.3, -0.25) is 0 Å². The Bertz CT molecular complexity index is 267. The quantitative estimate of drug-likeness (QED) is 0.717. The van der Waals surface area contributed by atoms with Gasteiger partial charge in [0.1, 0.15) is 0 Å². The van der Waals surface area contributed by atoms with Crippen LogP contribution in [0.4, 0.5) is 0 Å². The molecule has 0 radical (unpaired) electrons. The van der Waals surface area contributed by atoms with E-state index in [4.69, 9.17) is 8.51 Å². The minimum atomic E-state index is 0.648. The first-order valence-electron chi connectivity index (χ1n) is 4.78. The van der Waals surface area contributed by atoms with E-state index in [0.29, 0.717) is 5.92 Å². The van der Waals surface area contributed by atoms with Gasteiger partial charge in [0, 0.05) is 0 Å². The Morgan fingerprint density at radius 1 is 1.07 bits per heavy atom. The van der Waals surface area contributed by atoms with Crippen LogP contribution < -0.4 is 0 Å². The zero-order valence-electron chi connectivity index (χ0n) is 8.33. The van der Waals surface area contributed by atoms with Gasteiger partial charge in [-0.15, -0.1) is 0 Å². The van der Waals surface area contributed by atoms with Crippen LogP contribution in [0.1, 0.15) is 19.8 Å². The molecule has 0 atom stereocenters. The average Bonchev–Trinajstić information content (AvgIpc) is 2.93. The van der Waals surface area contributed by atoms with E-state index in [1.807, 2.05) is 0 Å². The molecule has 14 heavy (non-hydrogen) atoms. The molecule has 2 rings (SSSR count). The third-order valence-corrected chi connectivity index (χ3v) is 2.71. The molecule has 0 heterocycles. The molecular formula is C12H14ClZr. The minimum absolute atomic E-state index is 0.648. The van der Waals surface area contributed by atoms with Crippen LogP contribution >= 0.6 is 8.51 Å². The summed E-state index contributed by atoms with van der Waals surface area (Å²) in [7, 11) is 4.73. The summed E-state index contributed by atoms with van der Waals surface area (Å²) in [5.41, 5.74) is 3.12. The zero-order chi connectivity index (χ0) is 10.4. The zero-order valence-corrected chi connectivity index (χ0v) is 11.5. The van der Waals surface area contributed by atoms with Crippen LogP contribution in [0.5, 0.6) is 0 Å². The summed E-state index contributed by atoms with van der Waals surface area (Å²) in [5.74, 6) is 0.648. The fourth-order valence-corrected chi connectivity index (χ4v) is 1.81. The maximum absolute atomic E-state index is 4.73. The fraction of sp³-hybridized carbons (Fsp3) is 0.333. The van der Waals surface area contributed by atoms with Gasteiger partial charge in [0.2, 0.25) is 0 Å². The van der Waals surface area contributed by atoms with Crippen molar-refractivity contribution in [3.8, 4) is 0 Å². The molecule has 2 aliphatic rings. The van der Waals surface area contributed by atoms with Gasteiger partial charge in [0.05, 0.1) is 0 Å². The monoisotopic (exact) mass is 283 g/mol. The van der Waals surface area contributed by atoms with E-state index >= 15 is 0 Å². The predicted molar refractivity (Wildman–Crippen MR) is 58.7 cm³/mol. The number of halogens is 1. The van der Waals surface area contributed by atoms with Crippen LogP contribution in [-0.2, 0) is 23.5 Å². The van der Waals surface area contributed by atoms with Crippen molar-refractivity contribution < 1.29 is 23.5 Å². The molecule has 0 N–H and O–H groups in total. The molecule has 2 aliphatic carbocycles. The normalized spacial score (nSPS) is 17.9. The first-order chi connectivity index (χ1) is 6.88. The Hall–Kier alpha value is 0.133. The van der Waals surface area contributed by atoms with E-state index in [0.717, 1.165) is 36.4 Å². The first kappa shape index (κ1) is 12.2. The first-order valence-corrected chi connectivity index (χ1v) is 7.94. The molecule has 0 aromatic rings. The van der Waals surface area contributed by atoms with Crippen LogP contribution in [-0.4, -0.2) is 0 Å². The Labute approximate surface area is 105 Å². The van der Waals surface area contributed by atoms with Gasteiger partial charge in [0.25, 0.3) is 0 Å². The van der Waals surface area contributed by atoms with Gasteiger partial charge >= 0.3 is 32.0 Å². The Morgan fingerprint density at radius 3 is 1.79 bits per heavy atom. The van der Waals surface area contributed by atoms with Gasteiger partial charge in [-0.1, -0.05) is 54.5 Å². The molecule has 0 amide bonds. The second-order valence-corrected chi connectivity index (χ2v) is 3.47. The molecule has 0 fully saturated rings. The summed E-state index contributed by atoms with van der Waals surface area (Å²) in [6.45, 7) is 2.30. The molecule has 0 spiro atoms. The summed E-state index contributed by atoms with van der Waals surface area (Å²) < 4.78 is 0. The van der Waals surface area contributed by atoms with Gasteiger partial charge in [-0.25, -0.2) is 0 Å². The average molecular weight is 285 g/mol. The maximum atomic E-state index is 4.73. The van der Waals surface area contributed by atoms with E-state index in [-0.39, 0.29) is 0 Å². The van der Waals surface area contributed by atoms with E-state index in [9.17, 15) is 0 Å². The molecule has 0 aromatic heterocycles. The number of hydrogen-bond donors (Lipinski definition) is 0. The SMILES string of the molecule is CC(C1=CC=CC1)C1=CC=CC1.[Cl][Zr]. The molecule has 0 aromatic carbocycles. The van der Waals surface area contributed by atoms with E-state index in [1.54, 1.807) is 11.1 Å².